The smallest absolute Gasteiger partial charge is 0.244 e. The molecule has 2 unspecified atom stereocenters. The van der Waals surface area contributed by atoms with Crippen LogP contribution in [-0.4, -0.2) is 116 Å². The predicted octanol–water partition coefficient (Wildman–Crippen LogP) is 5.30. The molecule has 2 fully saturated rings. The van der Waals surface area contributed by atoms with Gasteiger partial charge in [0.15, 0.2) is 11.5 Å². The average Bonchev–Trinajstić information content (AvgIpc) is 3.55. The van der Waals surface area contributed by atoms with Gasteiger partial charge in [-0.3, -0.25) is 19.5 Å². The summed E-state index contributed by atoms with van der Waals surface area (Å²) < 4.78 is 17.2. The first-order valence-corrected chi connectivity index (χ1v) is 18.5. The van der Waals surface area contributed by atoms with Crippen LogP contribution in [0.2, 0.25) is 0 Å². The average molecular weight is 714 g/mol. The third-order valence-electron chi connectivity index (χ3n) is 10.2. The zero-order valence-electron chi connectivity index (χ0n) is 30.1. The summed E-state index contributed by atoms with van der Waals surface area (Å²) in [5.74, 6) is 2.19. The maximum atomic E-state index is 14.5. The van der Waals surface area contributed by atoms with Crippen molar-refractivity contribution in [2.75, 3.05) is 78.8 Å². The van der Waals surface area contributed by atoms with Gasteiger partial charge in [0.25, 0.3) is 0 Å². The number of aliphatic hydroxyl groups is 1. The minimum atomic E-state index is -0.671. The van der Waals surface area contributed by atoms with E-state index in [1.807, 2.05) is 65.6 Å². The second-order valence-electron chi connectivity index (χ2n) is 13.8. The number of hydrogen-bond acceptors (Lipinski definition) is 9. The van der Waals surface area contributed by atoms with E-state index in [4.69, 9.17) is 19.5 Å². The monoisotopic (exact) mass is 713 g/mol. The van der Waals surface area contributed by atoms with Gasteiger partial charge in [0.1, 0.15) is 24.5 Å². The van der Waals surface area contributed by atoms with Crippen LogP contribution >= 0.6 is 0 Å². The molecule has 53 heavy (non-hydrogen) atoms. The number of aliphatic hydroxyl groups excluding tert-OH is 1. The number of carbonyl (C=O) groups is 1. The molecule has 3 heterocycles. The highest BCUT2D eigenvalue weighted by molar-refractivity contribution is 5.83. The summed E-state index contributed by atoms with van der Waals surface area (Å²) in [4.78, 5) is 23.5. The van der Waals surface area contributed by atoms with Crippen molar-refractivity contribution < 1.29 is 24.1 Å². The molecule has 7 rings (SSSR count). The van der Waals surface area contributed by atoms with Crippen molar-refractivity contribution in [1.82, 2.24) is 19.6 Å². The van der Waals surface area contributed by atoms with E-state index in [-0.39, 0.29) is 19.3 Å². The van der Waals surface area contributed by atoms with Crippen LogP contribution in [0.25, 0.3) is 17.2 Å². The van der Waals surface area contributed by atoms with Crippen LogP contribution < -0.4 is 14.2 Å². The number of rotatable bonds is 12. The van der Waals surface area contributed by atoms with E-state index >= 15 is 0 Å². The molecule has 274 valence electrons. The van der Waals surface area contributed by atoms with Gasteiger partial charge in [0.05, 0.1) is 11.6 Å². The Balaban J connectivity index is 0.927. The molecule has 1 amide bonds. The molecule has 2 saturated heterocycles. The summed E-state index contributed by atoms with van der Waals surface area (Å²) in [7, 11) is 0. The maximum absolute atomic E-state index is 14.5. The van der Waals surface area contributed by atoms with Crippen LogP contribution in [0.5, 0.6) is 17.2 Å². The first-order valence-electron chi connectivity index (χ1n) is 18.5. The lowest BCUT2D eigenvalue weighted by atomic mass is 10.0. The van der Waals surface area contributed by atoms with Crippen LogP contribution in [0.1, 0.15) is 29.2 Å². The second-order valence-corrected chi connectivity index (χ2v) is 13.8. The summed E-state index contributed by atoms with van der Waals surface area (Å²) in [6.07, 6.45) is 4.54. The molecule has 3 aliphatic rings. The van der Waals surface area contributed by atoms with Crippen molar-refractivity contribution in [1.29, 1.82) is 5.26 Å². The van der Waals surface area contributed by atoms with Gasteiger partial charge in [-0.25, -0.2) is 0 Å². The number of benzene rings is 4. The first kappa shape index (κ1) is 36.2. The highest BCUT2D eigenvalue weighted by Gasteiger charge is 2.35. The van der Waals surface area contributed by atoms with E-state index in [1.165, 1.54) is 5.56 Å². The molecule has 1 N–H and O–H groups in total. The van der Waals surface area contributed by atoms with E-state index in [0.717, 1.165) is 62.4 Å². The zero-order valence-corrected chi connectivity index (χ0v) is 30.1. The van der Waals surface area contributed by atoms with Gasteiger partial charge in [-0.1, -0.05) is 72.8 Å². The summed E-state index contributed by atoms with van der Waals surface area (Å²) >= 11 is 0. The Bertz CT molecular complexity index is 1870. The molecule has 4 aromatic rings. The molecule has 0 spiro atoms. The fraction of sp³-hybridized carbons (Fsp3) is 0.349. The van der Waals surface area contributed by atoms with Gasteiger partial charge in [0, 0.05) is 58.9 Å². The minimum Gasteiger partial charge on any atom is -0.491 e. The third-order valence-corrected chi connectivity index (χ3v) is 10.2. The van der Waals surface area contributed by atoms with Gasteiger partial charge < -0.3 is 24.2 Å². The summed E-state index contributed by atoms with van der Waals surface area (Å²) in [5.41, 5.74) is 4.81. The fourth-order valence-electron chi connectivity index (χ4n) is 7.27. The molecule has 10 nitrogen and oxygen atoms in total. The summed E-state index contributed by atoms with van der Waals surface area (Å²) in [6, 6.07) is 33.2. The standard InChI is InChI=1S/C43H47N5O5/c44-29-34-9-11-35(12-10-34)36-13-16-39(17-14-36)51-31-38(49)30-46-20-5-21-48(27-24-46)43(50)42(37-15-18-40-41(28-37)53-32-52-40)47-25-22-45(23-26-47)19-4-8-33-6-2-1-3-7-33/h1-4,6-18,28,38,42,49H,5,19-27,30-32H2/b8-4+. The number of hydrogen-bond donors (Lipinski definition) is 1. The van der Waals surface area contributed by atoms with Crippen LogP contribution in [-0.2, 0) is 4.79 Å². The van der Waals surface area contributed by atoms with Gasteiger partial charge in [-0.15, -0.1) is 0 Å². The number of nitrogens with zero attached hydrogens (tertiary/aromatic N) is 5. The van der Waals surface area contributed by atoms with E-state index in [1.54, 1.807) is 12.1 Å². The molecule has 2 atom stereocenters. The number of β-amino-alcohol motifs (C(OH)–C–C–N with tert-alkyl or cyclic N) is 1. The Labute approximate surface area is 312 Å². The van der Waals surface area contributed by atoms with E-state index < -0.39 is 12.1 Å². The van der Waals surface area contributed by atoms with Crippen LogP contribution in [0.3, 0.4) is 0 Å². The number of carbonyl (C=O) groups excluding carboxylic acids is 1. The third kappa shape index (κ3) is 9.44. The Morgan fingerprint density at radius 1 is 0.811 bits per heavy atom. The minimum absolute atomic E-state index is 0.108. The molecule has 3 aliphatic heterocycles. The Morgan fingerprint density at radius 3 is 2.28 bits per heavy atom. The molecule has 10 heteroatoms. The largest absolute Gasteiger partial charge is 0.491 e. The lowest BCUT2D eigenvalue weighted by Crippen LogP contribution is -2.52. The van der Waals surface area contributed by atoms with Gasteiger partial charge >= 0.3 is 0 Å². The highest BCUT2D eigenvalue weighted by atomic mass is 16.7. The zero-order chi connectivity index (χ0) is 36.4. The number of fused-ring (bicyclic) bond motifs is 1. The number of amides is 1. The predicted molar refractivity (Wildman–Crippen MR) is 205 cm³/mol. The molecule has 0 aromatic heterocycles. The Hall–Kier alpha value is -5.18. The van der Waals surface area contributed by atoms with Crippen LogP contribution in [0, 0.1) is 11.3 Å². The van der Waals surface area contributed by atoms with E-state index in [0.29, 0.717) is 49.0 Å². The SMILES string of the molecule is N#Cc1ccc(-c2ccc(OCC(O)CN3CCCN(C(=O)C(c4ccc5c(c4)OCO5)N4CCN(C/C=C/c5ccccc5)CC4)CC3)cc2)cc1. The Kier molecular flexibility index (Phi) is 12.0. The normalized spacial score (nSPS) is 18.0. The van der Waals surface area contributed by atoms with E-state index in [2.05, 4.69) is 57.2 Å². The topological polar surface area (TPSA) is 102 Å². The lowest BCUT2D eigenvalue weighted by molar-refractivity contribution is -0.138. The fourth-order valence-corrected chi connectivity index (χ4v) is 7.27. The van der Waals surface area contributed by atoms with Crippen molar-refractivity contribution in [2.24, 2.45) is 0 Å². The molecule has 0 bridgehead atoms. The summed E-state index contributed by atoms with van der Waals surface area (Å²) in [6.45, 7) is 7.77. The first-order chi connectivity index (χ1) is 26.0. The van der Waals surface area contributed by atoms with Gasteiger partial charge in [0.2, 0.25) is 12.7 Å². The number of piperazine rings is 1. The van der Waals surface area contributed by atoms with Crippen LogP contribution in [0.15, 0.2) is 103 Å². The molecule has 0 radical (unpaired) electrons. The van der Waals surface area contributed by atoms with Crippen LogP contribution in [0.4, 0.5) is 0 Å². The van der Waals surface area contributed by atoms with Crippen molar-refractivity contribution in [3.63, 3.8) is 0 Å². The Morgan fingerprint density at radius 2 is 1.53 bits per heavy atom. The van der Waals surface area contributed by atoms with Crippen molar-refractivity contribution in [2.45, 2.75) is 18.6 Å². The van der Waals surface area contributed by atoms with Crippen molar-refractivity contribution in [3.8, 4) is 34.4 Å². The number of ether oxygens (including phenoxy) is 3. The van der Waals surface area contributed by atoms with Crippen molar-refractivity contribution in [3.05, 3.63) is 120 Å². The van der Waals surface area contributed by atoms with Gasteiger partial charge in [-0.2, -0.15) is 5.26 Å². The quantitative estimate of drug-likeness (QED) is 0.210. The lowest BCUT2D eigenvalue weighted by Gasteiger charge is -2.40. The highest BCUT2D eigenvalue weighted by Crippen LogP contribution is 2.36. The number of nitriles is 1. The molecule has 4 aromatic carbocycles. The van der Waals surface area contributed by atoms with Gasteiger partial charge in [-0.05, 0) is 71.6 Å². The molecular weight excluding hydrogens is 667 g/mol. The molecular formula is C43H47N5O5. The van der Waals surface area contributed by atoms with Crippen molar-refractivity contribution >= 4 is 12.0 Å². The molecule has 0 saturated carbocycles. The molecule has 0 aliphatic carbocycles. The summed E-state index contributed by atoms with van der Waals surface area (Å²) in [5, 5.41) is 20.0. The maximum Gasteiger partial charge on any atom is 0.244 e. The van der Waals surface area contributed by atoms with E-state index in [9.17, 15) is 9.90 Å². The second kappa shape index (κ2) is 17.6.